The number of halogens is 1. The third kappa shape index (κ3) is 4.50. The first-order valence-corrected chi connectivity index (χ1v) is 9.25. The molecule has 0 radical (unpaired) electrons. The minimum Gasteiger partial charge on any atom is -0.393 e. The number of nitriles is 1. The van der Waals surface area contributed by atoms with Crippen molar-refractivity contribution < 1.29 is 17.9 Å². The first-order valence-electron chi connectivity index (χ1n) is 7.60. The summed E-state index contributed by atoms with van der Waals surface area (Å²) in [5.74, 6) is -1.18. The minimum absolute atomic E-state index is 0.0362. The van der Waals surface area contributed by atoms with Gasteiger partial charge in [0.05, 0.1) is 23.5 Å². The maximum absolute atomic E-state index is 13.7. The van der Waals surface area contributed by atoms with Crippen LogP contribution in [0.25, 0.3) is 0 Å². The fourth-order valence-corrected chi connectivity index (χ4v) is 4.16. The van der Waals surface area contributed by atoms with Crippen LogP contribution < -0.4 is 4.72 Å². The van der Waals surface area contributed by atoms with Gasteiger partial charge in [0.25, 0.3) is 0 Å². The normalized spacial score (nSPS) is 25.0. The predicted molar refractivity (Wildman–Crippen MR) is 84.3 cm³/mol. The van der Waals surface area contributed by atoms with Crippen molar-refractivity contribution in [3.05, 3.63) is 35.1 Å². The van der Waals surface area contributed by atoms with E-state index < -0.39 is 33.1 Å². The molecule has 1 aliphatic rings. The van der Waals surface area contributed by atoms with E-state index in [2.05, 4.69) is 4.72 Å². The second-order valence-electron chi connectivity index (χ2n) is 6.41. The Morgan fingerprint density at radius 1 is 1.48 bits per heavy atom. The largest absolute Gasteiger partial charge is 0.393 e. The number of hydrogen-bond acceptors (Lipinski definition) is 4. The molecule has 23 heavy (non-hydrogen) atoms. The molecule has 126 valence electrons. The SMILES string of the molecule is CC1(CNS(=O)(=O)Cc2cc(C#N)ccc2F)CCCCC1O. The highest BCUT2D eigenvalue weighted by Crippen LogP contribution is 2.35. The summed E-state index contributed by atoms with van der Waals surface area (Å²) in [6.45, 7) is 1.98. The van der Waals surface area contributed by atoms with Crippen molar-refractivity contribution in [1.29, 1.82) is 5.26 Å². The lowest BCUT2D eigenvalue weighted by Gasteiger charge is -2.38. The molecule has 1 aromatic rings. The third-order valence-corrected chi connectivity index (χ3v) is 5.77. The molecule has 7 heteroatoms. The zero-order valence-electron chi connectivity index (χ0n) is 13.0. The van der Waals surface area contributed by atoms with Crippen LogP contribution in [0.15, 0.2) is 18.2 Å². The predicted octanol–water partition coefficient (Wildman–Crippen LogP) is 2.06. The Hall–Kier alpha value is -1.49. The molecule has 2 unspecified atom stereocenters. The van der Waals surface area contributed by atoms with Crippen molar-refractivity contribution in [2.24, 2.45) is 5.41 Å². The number of aliphatic hydroxyl groups excluding tert-OH is 1. The second kappa shape index (κ2) is 6.95. The number of benzene rings is 1. The first kappa shape index (κ1) is 17.9. The standard InChI is InChI=1S/C16H21FN2O3S/c1-16(7-3-2-4-15(16)20)11-19-23(21,22)10-13-8-12(9-18)5-6-14(13)17/h5-6,8,15,19-20H,2-4,7,10-11H2,1H3. The van der Waals surface area contributed by atoms with Gasteiger partial charge in [0.15, 0.2) is 0 Å². The van der Waals surface area contributed by atoms with Gasteiger partial charge < -0.3 is 5.11 Å². The van der Waals surface area contributed by atoms with E-state index in [9.17, 15) is 17.9 Å². The van der Waals surface area contributed by atoms with Crippen LogP contribution in [0.2, 0.25) is 0 Å². The molecule has 5 nitrogen and oxygen atoms in total. The van der Waals surface area contributed by atoms with Crippen molar-refractivity contribution in [2.45, 2.75) is 44.5 Å². The van der Waals surface area contributed by atoms with Crippen LogP contribution in [0.4, 0.5) is 4.39 Å². The molecule has 2 rings (SSSR count). The number of aliphatic hydroxyl groups is 1. The topological polar surface area (TPSA) is 90.2 Å². The van der Waals surface area contributed by atoms with Crippen molar-refractivity contribution >= 4 is 10.0 Å². The summed E-state index contributed by atoms with van der Waals surface area (Å²) in [5.41, 5.74) is -0.324. The molecular formula is C16H21FN2O3S. The Balaban J connectivity index is 2.07. The number of sulfonamides is 1. The van der Waals surface area contributed by atoms with Gasteiger partial charge >= 0.3 is 0 Å². The summed E-state index contributed by atoms with van der Waals surface area (Å²) in [5, 5.41) is 18.9. The van der Waals surface area contributed by atoms with Crippen LogP contribution in [0.3, 0.4) is 0 Å². The highest BCUT2D eigenvalue weighted by atomic mass is 32.2. The smallest absolute Gasteiger partial charge is 0.215 e. The monoisotopic (exact) mass is 340 g/mol. The van der Waals surface area contributed by atoms with Crippen LogP contribution in [-0.4, -0.2) is 26.2 Å². The summed E-state index contributed by atoms with van der Waals surface area (Å²) in [4.78, 5) is 0. The maximum atomic E-state index is 13.7. The molecule has 0 amide bonds. The lowest BCUT2D eigenvalue weighted by atomic mass is 9.73. The Bertz CT molecular complexity index is 715. The summed E-state index contributed by atoms with van der Waals surface area (Å²) in [6.07, 6.45) is 2.76. The van der Waals surface area contributed by atoms with Gasteiger partial charge in [-0.2, -0.15) is 5.26 Å². The zero-order chi connectivity index (χ0) is 17.1. The fraction of sp³-hybridized carbons (Fsp3) is 0.562. The Labute approximate surface area is 136 Å². The van der Waals surface area contributed by atoms with Crippen LogP contribution in [-0.2, 0) is 15.8 Å². The number of nitrogens with one attached hydrogen (secondary N) is 1. The van der Waals surface area contributed by atoms with Crippen LogP contribution in [0.1, 0.15) is 43.7 Å². The van der Waals surface area contributed by atoms with Crippen molar-refractivity contribution in [3.8, 4) is 6.07 Å². The first-order chi connectivity index (χ1) is 10.8. The highest BCUT2D eigenvalue weighted by molar-refractivity contribution is 7.88. The molecule has 1 aliphatic carbocycles. The van der Waals surface area contributed by atoms with E-state index in [-0.39, 0.29) is 17.7 Å². The highest BCUT2D eigenvalue weighted by Gasteiger charge is 2.36. The number of rotatable bonds is 5. The molecule has 0 aromatic heterocycles. The lowest BCUT2D eigenvalue weighted by Crippen LogP contribution is -2.45. The lowest BCUT2D eigenvalue weighted by molar-refractivity contribution is 0.00462. The van der Waals surface area contributed by atoms with E-state index in [4.69, 9.17) is 5.26 Å². The van der Waals surface area contributed by atoms with Gasteiger partial charge in [-0.1, -0.05) is 19.8 Å². The van der Waals surface area contributed by atoms with E-state index >= 15 is 0 Å². The second-order valence-corrected chi connectivity index (χ2v) is 8.22. The van der Waals surface area contributed by atoms with Crippen molar-refractivity contribution in [3.63, 3.8) is 0 Å². The molecule has 0 heterocycles. The third-order valence-electron chi connectivity index (χ3n) is 4.50. The van der Waals surface area contributed by atoms with Gasteiger partial charge in [0.2, 0.25) is 10.0 Å². The van der Waals surface area contributed by atoms with E-state index in [0.717, 1.165) is 25.3 Å². The van der Waals surface area contributed by atoms with Crippen LogP contribution in [0.5, 0.6) is 0 Å². The molecule has 0 aliphatic heterocycles. The van der Waals surface area contributed by atoms with E-state index in [1.165, 1.54) is 12.1 Å². The van der Waals surface area contributed by atoms with Crippen molar-refractivity contribution in [2.75, 3.05) is 6.54 Å². The molecule has 0 spiro atoms. The molecule has 1 fully saturated rings. The van der Waals surface area contributed by atoms with E-state index in [0.29, 0.717) is 6.42 Å². The molecule has 1 saturated carbocycles. The number of nitrogens with zero attached hydrogens (tertiary/aromatic N) is 1. The number of hydrogen-bond donors (Lipinski definition) is 2. The average molecular weight is 340 g/mol. The summed E-state index contributed by atoms with van der Waals surface area (Å²) >= 11 is 0. The Kier molecular flexibility index (Phi) is 5.40. The van der Waals surface area contributed by atoms with Gasteiger partial charge in [-0.3, -0.25) is 0 Å². The molecule has 2 N–H and O–H groups in total. The van der Waals surface area contributed by atoms with Gasteiger partial charge in [0.1, 0.15) is 5.82 Å². The molecular weight excluding hydrogens is 319 g/mol. The zero-order valence-corrected chi connectivity index (χ0v) is 13.9. The maximum Gasteiger partial charge on any atom is 0.215 e. The molecule has 1 aromatic carbocycles. The molecule has 0 saturated heterocycles. The van der Waals surface area contributed by atoms with Crippen LogP contribution in [0, 0.1) is 22.6 Å². The fourth-order valence-electron chi connectivity index (χ4n) is 2.87. The van der Waals surface area contributed by atoms with Crippen LogP contribution >= 0.6 is 0 Å². The Morgan fingerprint density at radius 3 is 2.87 bits per heavy atom. The summed E-state index contributed by atoms with van der Waals surface area (Å²) in [7, 11) is -3.75. The quantitative estimate of drug-likeness (QED) is 0.858. The van der Waals surface area contributed by atoms with Gasteiger partial charge in [0, 0.05) is 17.5 Å². The van der Waals surface area contributed by atoms with Gasteiger partial charge in [-0.15, -0.1) is 0 Å². The minimum atomic E-state index is -3.75. The average Bonchev–Trinajstić information content (AvgIpc) is 2.51. The summed E-state index contributed by atoms with van der Waals surface area (Å²) < 4.78 is 40.6. The van der Waals surface area contributed by atoms with Gasteiger partial charge in [-0.25, -0.2) is 17.5 Å². The summed E-state index contributed by atoms with van der Waals surface area (Å²) in [6, 6.07) is 5.50. The Morgan fingerprint density at radius 2 is 2.22 bits per heavy atom. The molecule has 2 atom stereocenters. The van der Waals surface area contributed by atoms with E-state index in [1.54, 1.807) is 0 Å². The van der Waals surface area contributed by atoms with Gasteiger partial charge in [-0.05, 0) is 31.0 Å². The van der Waals surface area contributed by atoms with E-state index in [1.807, 2.05) is 13.0 Å². The molecule has 0 bridgehead atoms. The van der Waals surface area contributed by atoms with Crippen molar-refractivity contribution in [1.82, 2.24) is 4.72 Å².